The molecule has 6 nitrogen and oxygen atoms in total. The van der Waals surface area contributed by atoms with Gasteiger partial charge in [0.2, 0.25) is 0 Å². The van der Waals surface area contributed by atoms with Gasteiger partial charge in [-0.25, -0.2) is 9.78 Å². The first-order chi connectivity index (χ1) is 6.12. The van der Waals surface area contributed by atoms with Gasteiger partial charge in [-0.1, -0.05) is 20.8 Å². The van der Waals surface area contributed by atoms with Crippen molar-refractivity contribution in [3.05, 3.63) is 25.3 Å². The van der Waals surface area contributed by atoms with Crippen LogP contribution in [0.2, 0.25) is 0 Å². The third-order valence-corrected chi connectivity index (χ3v) is 1.16. The Morgan fingerprint density at radius 1 is 1.00 bits per heavy atom. The lowest BCUT2D eigenvalue weighted by Crippen LogP contribution is -2.11. The minimum atomic E-state index is -4.27. The smallest absolute Gasteiger partial charge is 0.214 e. The van der Waals surface area contributed by atoms with E-state index in [1.165, 1.54) is 12.2 Å². The van der Waals surface area contributed by atoms with Crippen LogP contribution >= 0.6 is 0 Å². The van der Waals surface area contributed by atoms with Gasteiger partial charge >= 0.3 is 10.4 Å². The number of hydrogen-bond acceptors (Lipinski definition) is 6. The third-order valence-electron chi connectivity index (χ3n) is 0.635. The highest BCUT2D eigenvalue weighted by molar-refractivity contribution is 7.81. The second-order valence-electron chi connectivity index (χ2n) is 1.69. The summed E-state index contributed by atoms with van der Waals surface area (Å²) in [5.74, 6) is 0. The zero-order chi connectivity index (χ0) is 10.2. The predicted molar refractivity (Wildman–Crippen MR) is 43.4 cm³/mol. The Morgan fingerprint density at radius 3 is 1.69 bits per heavy atom. The van der Waals surface area contributed by atoms with Crippen molar-refractivity contribution in [3.63, 3.8) is 0 Å². The van der Waals surface area contributed by atoms with Crippen molar-refractivity contribution in [2.24, 2.45) is 0 Å². The minimum absolute atomic E-state index is 0.0793. The summed E-state index contributed by atoms with van der Waals surface area (Å²) in [7, 11) is -4.27. The van der Waals surface area contributed by atoms with Gasteiger partial charge in [0.1, 0.15) is 13.2 Å². The summed E-state index contributed by atoms with van der Waals surface area (Å²) < 4.78 is 28.9. The van der Waals surface area contributed by atoms with Gasteiger partial charge < -0.3 is 0 Å². The molecular formula is C6H10O6S. The van der Waals surface area contributed by atoms with E-state index in [4.69, 9.17) is 0 Å². The maximum Gasteiger partial charge on any atom is 0.453 e. The molecule has 76 valence electrons. The zero-order valence-electron chi connectivity index (χ0n) is 6.84. The maximum absolute atomic E-state index is 10.6. The SMILES string of the molecule is C=CCOOS(=O)(=O)OOCC=C. The Bertz CT molecular complexity index is 224. The third kappa shape index (κ3) is 7.62. The van der Waals surface area contributed by atoms with Gasteiger partial charge in [-0.2, -0.15) is 8.42 Å². The van der Waals surface area contributed by atoms with Gasteiger partial charge in [0.25, 0.3) is 0 Å². The van der Waals surface area contributed by atoms with E-state index >= 15 is 0 Å². The summed E-state index contributed by atoms with van der Waals surface area (Å²) in [6.07, 6.45) is 2.61. The minimum Gasteiger partial charge on any atom is -0.214 e. The van der Waals surface area contributed by atoms with Crippen LogP contribution < -0.4 is 0 Å². The zero-order valence-corrected chi connectivity index (χ0v) is 7.66. The second-order valence-corrected chi connectivity index (χ2v) is 2.78. The van der Waals surface area contributed by atoms with Crippen LogP contribution in [0.25, 0.3) is 0 Å². The summed E-state index contributed by atoms with van der Waals surface area (Å²) in [5.41, 5.74) is 0. The Balaban J connectivity index is 3.67. The molecule has 7 heteroatoms. The first-order valence-electron chi connectivity index (χ1n) is 3.21. The van der Waals surface area contributed by atoms with Gasteiger partial charge in [-0.3, -0.25) is 0 Å². The summed E-state index contributed by atoms with van der Waals surface area (Å²) in [4.78, 5) is 8.28. The highest BCUT2D eigenvalue weighted by atomic mass is 32.3. The van der Waals surface area contributed by atoms with E-state index < -0.39 is 10.4 Å². The molecule has 0 aliphatic heterocycles. The topological polar surface area (TPSA) is 71.1 Å². The molecule has 0 atom stereocenters. The van der Waals surface area contributed by atoms with Crippen LogP contribution in [0.15, 0.2) is 25.3 Å². The highest BCUT2D eigenvalue weighted by Gasteiger charge is 2.13. The van der Waals surface area contributed by atoms with Gasteiger partial charge in [0.15, 0.2) is 0 Å². The molecule has 0 saturated heterocycles. The Morgan fingerprint density at radius 2 is 1.38 bits per heavy atom. The fourth-order valence-electron chi connectivity index (χ4n) is 0.281. The van der Waals surface area contributed by atoms with Crippen molar-refractivity contribution in [2.75, 3.05) is 13.2 Å². The van der Waals surface area contributed by atoms with Crippen LogP contribution in [-0.2, 0) is 28.8 Å². The summed E-state index contributed by atoms with van der Waals surface area (Å²) in [5, 5.41) is 0. The molecule has 0 aliphatic carbocycles. The fraction of sp³-hybridized carbons (Fsp3) is 0.333. The van der Waals surface area contributed by atoms with Gasteiger partial charge in [-0.15, -0.1) is 13.2 Å². The first kappa shape index (κ1) is 12.3. The van der Waals surface area contributed by atoms with E-state index in [2.05, 4.69) is 31.6 Å². The molecule has 0 radical (unpaired) electrons. The molecule has 0 heterocycles. The van der Waals surface area contributed by atoms with E-state index in [-0.39, 0.29) is 13.2 Å². The van der Waals surface area contributed by atoms with Crippen molar-refractivity contribution in [1.82, 2.24) is 0 Å². The maximum atomic E-state index is 10.6. The Hall–Kier alpha value is -0.730. The Kier molecular flexibility index (Phi) is 6.37. The molecule has 0 aromatic heterocycles. The van der Waals surface area contributed by atoms with Crippen molar-refractivity contribution >= 4 is 10.4 Å². The fourth-order valence-corrected chi connectivity index (χ4v) is 0.650. The molecule has 0 aromatic carbocycles. The monoisotopic (exact) mass is 210 g/mol. The lowest BCUT2D eigenvalue weighted by atomic mass is 10.7. The summed E-state index contributed by atoms with van der Waals surface area (Å²) in [6.45, 7) is 6.38. The van der Waals surface area contributed by atoms with Crippen LogP contribution in [0.5, 0.6) is 0 Å². The van der Waals surface area contributed by atoms with Crippen molar-refractivity contribution in [1.29, 1.82) is 0 Å². The molecule has 0 saturated carbocycles. The molecule has 0 spiro atoms. The quantitative estimate of drug-likeness (QED) is 0.251. The molecule has 0 aliphatic rings. The van der Waals surface area contributed by atoms with Crippen molar-refractivity contribution < 1.29 is 26.9 Å². The van der Waals surface area contributed by atoms with E-state index in [1.807, 2.05) is 0 Å². The molecule has 0 fully saturated rings. The first-order valence-corrected chi connectivity index (χ1v) is 4.54. The van der Waals surface area contributed by atoms with E-state index in [1.54, 1.807) is 0 Å². The van der Waals surface area contributed by atoms with E-state index in [9.17, 15) is 8.42 Å². The van der Waals surface area contributed by atoms with E-state index in [0.29, 0.717) is 0 Å². The lowest BCUT2D eigenvalue weighted by Gasteiger charge is -2.01. The highest BCUT2D eigenvalue weighted by Crippen LogP contribution is 1.97. The number of hydrogen-bond donors (Lipinski definition) is 0. The molecule has 0 amide bonds. The van der Waals surface area contributed by atoms with Crippen LogP contribution in [0.1, 0.15) is 0 Å². The predicted octanol–water partition coefficient (Wildman–Crippen LogP) is 0.500. The van der Waals surface area contributed by atoms with Crippen LogP contribution in [0.4, 0.5) is 0 Å². The van der Waals surface area contributed by atoms with Crippen LogP contribution in [-0.4, -0.2) is 21.6 Å². The molecule has 0 unspecified atom stereocenters. The summed E-state index contributed by atoms with van der Waals surface area (Å²) in [6, 6.07) is 0. The van der Waals surface area contributed by atoms with Gasteiger partial charge in [-0.05, 0) is 0 Å². The lowest BCUT2D eigenvalue weighted by molar-refractivity contribution is -0.249. The average Bonchev–Trinajstić information content (AvgIpc) is 2.05. The summed E-state index contributed by atoms with van der Waals surface area (Å²) >= 11 is 0. The Labute approximate surface area is 76.5 Å². The molecule has 0 N–H and O–H groups in total. The molecule has 0 rings (SSSR count). The van der Waals surface area contributed by atoms with Crippen LogP contribution in [0, 0.1) is 0 Å². The number of rotatable bonds is 8. The van der Waals surface area contributed by atoms with Crippen LogP contribution in [0.3, 0.4) is 0 Å². The normalized spacial score (nSPS) is 11.1. The molecule has 13 heavy (non-hydrogen) atoms. The van der Waals surface area contributed by atoms with Crippen molar-refractivity contribution in [3.8, 4) is 0 Å². The largest absolute Gasteiger partial charge is 0.453 e. The van der Waals surface area contributed by atoms with Crippen molar-refractivity contribution in [2.45, 2.75) is 0 Å². The van der Waals surface area contributed by atoms with E-state index in [0.717, 1.165) is 0 Å². The molecule has 0 bridgehead atoms. The standard InChI is InChI=1S/C6H10O6S/c1-3-5-9-11-13(7,8)12-10-6-4-2/h3-4H,1-2,5-6H2. The molecule has 0 aromatic rings. The second kappa shape index (κ2) is 6.75. The van der Waals surface area contributed by atoms with Gasteiger partial charge in [0.05, 0.1) is 0 Å². The average molecular weight is 210 g/mol. The van der Waals surface area contributed by atoms with Gasteiger partial charge in [0, 0.05) is 0 Å². The molecular weight excluding hydrogens is 200 g/mol.